The van der Waals surface area contributed by atoms with Gasteiger partial charge in [0, 0.05) is 31.1 Å². The third-order valence-electron chi connectivity index (χ3n) is 8.00. The van der Waals surface area contributed by atoms with Crippen molar-refractivity contribution in [3.05, 3.63) is 12.2 Å². The maximum Gasteiger partial charge on any atom is 0.306 e. The molecular weight excluding hydrogens is 482 g/mol. The Morgan fingerprint density at radius 2 is 1.03 bits per heavy atom. The number of carboxylic acid groups (broad SMARTS) is 3. The molecule has 0 aromatic heterocycles. The number of nitrogens with zero attached hydrogens (tertiary/aromatic N) is 1. The van der Waals surface area contributed by atoms with E-state index in [1.165, 1.54) is 57.8 Å². The van der Waals surface area contributed by atoms with Gasteiger partial charge in [0.25, 0.3) is 0 Å². The van der Waals surface area contributed by atoms with Gasteiger partial charge < -0.3 is 24.6 Å². The third kappa shape index (κ3) is 18.4. The fourth-order valence-corrected chi connectivity index (χ4v) is 4.78. The van der Waals surface area contributed by atoms with E-state index in [9.17, 15) is 29.7 Å². The van der Waals surface area contributed by atoms with Crippen LogP contribution in [0.4, 0.5) is 0 Å². The molecule has 0 aliphatic rings. The Balaban J connectivity index is 4.79. The lowest BCUT2D eigenvalue weighted by Crippen LogP contribution is -2.52. The number of rotatable bonds is 26. The Hall–Kier alpha value is -1.89. The van der Waals surface area contributed by atoms with Crippen molar-refractivity contribution >= 4 is 17.9 Å². The minimum atomic E-state index is -1.08. The molecule has 0 radical (unpaired) electrons. The van der Waals surface area contributed by atoms with Crippen LogP contribution in [0.2, 0.25) is 0 Å². The fourth-order valence-electron chi connectivity index (χ4n) is 4.78. The first-order chi connectivity index (χ1) is 18.0. The Morgan fingerprint density at radius 1 is 0.632 bits per heavy atom. The van der Waals surface area contributed by atoms with Crippen molar-refractivity contribution in [1.29, 1.82) is 0 Å². The number of allylic oxidation sites excluding steroid dienone is 2. The average Bonchev–Trinajstić information content (AvgIpc) is 2.88. The number of carbonyl (C=O) groups is 3. The molecule has 0 heterocycles. The summed E-state index contributed by atoms with van der Waals surface area (Å²) in [6, 6.07) is 0. The zero-order valence-corrected chi connectivity index (χ0v) is 24.8. The highest BCUT2D eigenvalue weighted by Crippen LogP contribution is 2.22. The largest absolute Gasteiger partial charge is 0.550 e. The molecule has 0 fully saturated rings. The number of unbranched alkanes of at least 4 members (excludes halogenated alkanes) is 10. The number of aliphatic carboxylic acids is 3. The van der Waals surface area contributed by atoms with E-state index in [1.54, 1.807) is 20.8 Å². The fraction of sp³-hybridized carbons (Fsp3) is 0.839. The second-order valence-corrected chi connectivity index (χ2v) is 11.5. The van der Waals surface area contributed by atoms with Gasteiger partial charge >= 0.3 is 11.9 Å². The lowest BCUT2D eigenvalue weighted by atomic mass is 10.0. The number of carboxylic acids is 3. The van der Waals surface area contributed by atoms with E-state index in [-0.39, 0.29) is 0 Å². The molecule has 0 aliphatic carbocycles. The Kier molecular flexibility index (Phi) is 20.9. The van der Waals surface area contributed by atoms with E-state index in [4.69, 9.17) is 0 Å². The van der Waals surface area contributed by atoms with Crippen molar-refractivity contribution in [3.63, 3.8) is 0 Å². The number of carbonyl (C=O) groups excluding carboxylic acids is 1. The molecule has 0 saturated carbocycles. The molecule has 0 aliphatic heterocycles. The van der Waals surface area contributed by atoms with Crippen LogP contribution in [0, 0.1) is 17.8 Å². The van der Waals surface area contributed by atoms with Crippen LogP contribution in [0.5, 0.6) is 0 Å². The summed E-state index contributed by atoms with van der Waals surface area (Å²) in [5.41, 5.74) is 0. The zero-order valence-electron chi connectivity index (χ0n) is 24.8. The normalized spacial score (nSPS) is 15.7. The first-order valence-electron chi connectivity index (χ1n) is 15.2. The van der Waals surface area contributed by atoms with E-state index in [2.05, 4.69) is 19.1 Å². The standard InChI is InChI=1S/C31H57NO6/c1-5-6-7-8-9-10-11-12-13-14-15-16-17-18-22-32(23-19-26(2)29(33)34,24-20-27(3)30(35)36)25-21-28(4)31(37)38/h9-10,26-28H,5-8,11-25H2,1-4H3,(H2-,33,34,35,36,37,38)/b10-9+. The molecule has 0 amide bonds. The smallest absolute Gasteiger partial charge is 0.306 e. The number of hydrogen-bond acceptors (Lipinski definition) is 4. The van der Waals surface area contributed by atoms with Gasteiger partial charge in [-0.15, -0.1) is 0 Å². The summed E-state index contributed by atoms with van der Waals surface area (Å²) in [5, 5.41) is 30.1. The van der Waals surface area contributed by atoms with Gasteiger partial charge in [0.2, 0.25) is 0 Å². The third-order valence-corrected chi connectivity index (χ3v) is 8.00. The zero-order chi connectivity index (χ0) is 28.8. The van der Waals surface area contributed by atoms with Gasteiger partial charge in [0.15, 0.2) is 0 Å². The van der Waals surface area contributed by atoms with Gasteiger partial charge in [0.05, 0.1) is 38.0 Å². The van der Waals surface area contributed by atoms with Crippen LogP contribution in [0.1, 0.15) is 124 Å². The monoisotopic (exact) mass is 539 g/mol. The van der Waals surface area contributed by atoms with Crippen molar-refractivity contribution in [2.45, 2.75) is 124 Å². The summed E-state index contributed by atoms with van der Waals surface area (Å²) in [6.45, 7) is 9.92. The molecule has 0 saturated heterocycles. The van der Waals surface area contributed by atoms with Crippen molar-refractivity contribution < 1.29 is 34.2 Å². The van der Waals surface area contributed by atoms with Crippen LogP contribution >= 0.6 is 0 Å². The molecule has 222 valence electrons. The molecule has 0 rings (SSSR count). The van der Waals surface area contributed by atoms with E-state index < -0.39 is 35.7 Å². The van der Waals surface area contributed by atoms with Gasteiger partial charge in [-0.05, 0) is 38.5 Å². The van der Waals surface area contributed by atoms with E-state index in [0.29, 0.717) is 43.4 Å². The van der Waals surface area contributed by atoms with Gasteiger partial charge in [-0.3, -0.25) is 9.59 Å². The molecule has 38 heavy (non-hydrogen) atoms. The second-order valence-electron chi connectivity index (χ2n) is 11.5. The van der Waals surface area contributed by atoms with Gasteiger partial charge in [0.1, 0.15) is 0 Å². The predicted molar refractivity (Wildman–Crippen MR) is 152 cm³/mol. The highest BCUT2D eigenvalue weighted by molar-refractivity contribution is 5.69. The lowest BCUT2D eigenvalue weighted by Gasteiger charge is -2.41. The molecule has 0 aromatic carbocycles. The van der Waals surface area contributed by atoms with Crippen LogP contribution in [0.25, 0.3) is 0 Å². The summed E-state index contributed by atoms with van der Waals surface area (Å²) in [6.07, 6.45) is 20.4. The summed E-state index contributed by atoms with van der Waals surface area (Å²) in [7, 11) is 0. The summed E-state index contributed by atoms with van der Waals surface area (Å²) in [5.74, 6) is -4.32. The van der Waals surface area contributed by atoms with Gasteiger partial charge in [-0.25, -0.2) is 0 Å². The van der Waals surface area contributed by atoms with E-state index >= 15 is 0 Å². The molecular formula is C31H57NO6. The molecule has 3 atom stereocenters. The maximum absolute atomic E-state index is 11.4. The minimum absolute atomic E-state index is 0.443. The molecule has 0 aromatic rings. The van der Waals surface area contributed by atoms with Crippen molar-refractivity contribution in [2.75, 3.05) is 26.2 Å². The molecule has 0 bridgehead atoms. The van der Waals surface area contributed by atoms with Crippen LogP contribution < -0.4 is 5.11 Å². The Morgan fingerprint density at radius 3 is 1.45 bits per heavy atom. The molecule has 2 N–H and O–H groups in total. The van der Waals surface area contributed by atoms with Gasteiger partial charge in [-0.2, -0.15) is 0 Å². The topological polar surface area (TPSA) is 115 Å². The molecule has 7 heteroatoms. The first-order valence-corrected chi connectivity index (χ1v) is 15.2. The highest BCUT2D eigenvalue weighted by Gasteiger charge is 2.30. The second kappa shape index (κ2) is 22.0. The van der Waals surface area contributed by atoms with Gasteiger partial charge in [-0.1, -0.05) is 78.4 Å². The lowest BCUT2D eigenvalue weighted by molar-refractivity contribution is -0.929. The highest BCUT2D eigenvalue weighted by atomic mass is 16.4. The minimum Gasteiger partial charge on any atom is -0.550 e. The molecule has 0 spiro atoms. The maximum atomic E-state index is 11.4. The number of hydrogen-bond donors (Lipinski definition) is 2. The first kappa shape index (κ1) is 36.1. The molecule has 3 unspecified atom stereocenters. The predicted octanol–water partition coefficient (Wildman–Crippen LogP) is 6.06. The van der Waals surface area contributed by atoms with Crippen LogP contribution in [0.15, 0.2) is 12.2 Å². The Labute approximate surface area is 232 Å². The summed E-state index contributed by atoms with van der Waals surface area (Å²) < 4.78 is 0.581. The summed E-state index contributed by atoms with van der Waals surface area (Å²) >= 11 is 0. The van der Waals surface area contributed by atoms with Crippen LogP contribution in [-0.4, -0.2) is 58.8 Å². The van der Waals surface area contributed by atoms with Crippen molar-refractivity contribution in [1.82, 2.24) is 0 Å². The van der Waals surface area contributed by atoms with E-state index in [0.717, 1.165) is 25.8 Å². The summed E-state index contributed by atoms with van der Waals surface area (Å²) in [4.78, 5) is 34.2. The SMILES string of the molecule is CCCCC/C=C/CCCCCCCCC[N+](CCC(C)C(=O)[O-])(CCC(C)C(=O)O)CCC(C)C(=O)O. The average molecular weight is 540 g/mol. The quantitative estimate of drug-likeness (QED) is 0.0784. The van der Waals surface area contributed by atoms with Crippen molar-refractivity contribution in [3.8, 4) is 0 Å². The van der Waals surface area contributed by atoms with E-state index in [1.807, 2.05) is 0 Å². The van der Waals surface area contributed by atoms with Crippen LogP contribution in [-0.2, 0) is 14.4 Å². The number of quaternary nitrogens is 1. The molecule has 7 nitrogen and oxygen atoms in total. The van der Waals surface area contributed by atoms with Crippen LogP contribution in [0.3, 0.4) is 0 Å². The Bertz CT molecular complexity index is 617. The van der Waals surface area contributed by atoms with Crippen molar-refractivity contribution in [2.24, 2.45) is 17.8 Å².